The number of halogens is 2. The number of nitrogens with one attached hydrogen (secondary N) is 1. The molecule has 6 nitrogen and oxygen atoms in total. The van der Waals surface area contributed by atoms with Crippen molar-refractivity contribution < 1.29 is 4.79 Å². The molecule has 0 bridgehead atoms. The zero-order valence-electron chi connectivity index (χ0n) is 18.1. The number of carbonyl (C=O) groups is 1. The summed E-state index contributed by atoms with van der Waals surface area (Å²) >= 11 is 12.6. The molecule has 34 heavy (non-hydrogen) atoms. The molecular weight excluding hydrogens is 469 g/mol. The number of amides is 1. The Hall–Kier alpha value is -3.74. The first kappa shape index (κ1) is 22.1. The number of pyridine rings is 1. The van der Waals surface area contributed by atoms with Gasteiger partial charge in [0.25, 0.3) is 5.91 Å². The maximum absolute atomic E-state index is 13.1. The Morgan fingerprint density at radius 3 is 2.41 bits per heavy atom. The van der Waals surface area contributed by atoms with E-state index in [1.54, 1.807) is 16.9 Å². The molecule has 0 radical (unpaired) electrons. The Kier molecular flexibility index (Phi) is 6.01. The van der Waals surface area contributed by atoms with Gasteiger partial charge in [-0.15, -0.1) is 0 Å². The van der Waals surface area contributed by atoms with Gasteiger partial charge in [0.15, 0.2) is 5.65 Å². The van der Waals surface area contributed by atoms with Crippen molar-refractivity contribution in [2.24, 2.45) is 0 Å². The maximum Gasteiger partial charge on any atom is 0.257 e. The van der Waals surface area contributed by atoms with Gasteiger partial charge in [-0.3, -0.25) is 9.78 Å². The van der Waals surface area contributed by atoms with Crippen LogP contribution in [-0.2, 0) is 0 Å². The van der Waals surface area contributed by atoms with E-state index in [1.165, 1.54) is 6.20 Å². The standard InChI is InChI=1S/C26H19Cl2N5O/c1-16(23-8-4-5-13-29-23)32-26(34)21-15-31-33-24(17-9-11-18(27)12-10-17)20(14-30-25(21)33)19-6-2-3-7-22(19)28/h2-16H,1H3,(H,32,34). The molecule has 0 saturated heterocycles. The van der Waals surface area contributed by atoms with Gasteiger partial charge in [-0.25, -0.2) is 9.50 Å². The third kappa shape index (κ3) is 4.14. The largest absolute Gasteiger partial charge is 0.344 e. The predicted octanol–water partition coefficient (Wildman–Crippen LogP) is 6.26. The van der Waals surface area contributed by atoms with Gasteiger partial charge in [0, 0.05) is 39.1 Å². The molecule has 3 aromatic heterocycles. The molecular formula is C26H19Cl2N5O. The average Bonchev–Trinajstić information content (AvgIpc) is 3.29. The van der Waals surface area contributed by atoms with Gasteiger partial charge >= 0.3 is 0 Å². The van der Waals surface area contributed by atoms with Crippen molar-refractivity contribution in [3.63, 3.8) is 0 Å². The number of carbonyl (C=O) groups excluding carboxylic acids is 1. The molecule has 2 aromatic carbocycles. The van der Waals surface area contributed by atoms with Crippen molar-refractivity contribution in [1.82, 2.24) is 24.9 Å². The van der Waals surface area contributed by atoms with Crippen LogP contribution in [0.15, 0.2) is 85.3 Å². The second-order valence-corrected chi connectivity index (χ2v) is 8.59. The summed E-state index contributed by atoms with van der Waals surface area (Å²) in [5, 5.41) is 8.73. The van der Waals surface area contributed by atoms with Crippen LogP contribution < -0.4 is 5.32 Å². The number of nitrogens with zero attached hydrogens (tertiary/aromatic N) is 4. The van der Waals surface area contributed by atoms with Gasteiger partial charge < -0.3 is 5.32 Å². The second-order valence-electron chi connectivity index (χ2n) is 7.75. The Morgan fingerprint density at radius 1 is 0.912 bits per heavy atom. The van der Waals surface area contributed by atoms with Crippen molar-refractivity contribution in [2.75, 3.05) is 0 Å². The van der Waals surface area contributed by atoms with E-state index in [0.717, 1.165) is 28.1 Å². The summed E-state index contributed by atoms with van der Waals surface area (Å²) in [6.07, 6.45) is 4.95. The van der Waals surface area contributed by atoms with Crippen LogP contribution in [0.25, 0.3) is 28.0 Å². The minimum absolute atomic E-state index is 0.276. The van der Waals surface area contributed by atoms with Crippen molar-refractivity contribution in [1.29, 1.82) is 0 Å². The number of rotatable bonds is 5. The molecule has 1 N–H and O–H groups in total. The lowest BCUT2D eigenvalue weighted by molar-refractivity contribution is 0.0940. The molecule has 0 fully saturated rings. The summed E-state index contributed by atoms with van der Waals surface area (Å²) in [5.74, 6) is -0.284. The van der Waals surface area contributed by atoms with E-state index in [4.69, 9.17) is 23.2 Å². The number of aromatic nitrogens is 4. The second kappa shape index (κ2) is 9.25. The fourth-order valence-corrected chi connectivity index (χ4v) is 4.20. The molecule has 5 rings (SSSR count). The molecule has 0 saturated carbocycles. The van der Waals surface area contributed by atoms with Crippen molar-refractivity contribution in [2.45, 2.75) is 13.0 Å². The van der Waals surface area contributed by atoms with E-state index < -0.39 is 0 Å². The third-order valence-electron chi connectivity index (χ3n) is 5.53. The highest BCUT2D eigenvalue weighted by molar-refractivity contribution is 6.33. The van der Waals surface area contributed by atoms with Gasteiger partial charge in [0.05, 0.1) is 23.6 Å². The zero-order chi connectivity index (χ0) is 23.7. The molecule has 3 heterocycles. The smallest absolute Gasteiger partial charge is 0.257 e. The molecule has 5 aromatic rings. The van der Waals surface area contributed by atoms with E-state index in [-0.39, 0.29) is 11.9 Å². The maximum atomic E-state index is 13.1. The molecule has 168 valence electrons. The van der Waals surface area contributed by atoms with Gasteiger partial charge in [-0.2, -0.15) is 5.10 Å². The van der Waals surface area contributed by atoms with Crippen LogP contribution in [0.3, 0.4) is 0 Å². The number of hydrogen-bond donors (Lipinski definition) is 1. The van der Waals surface area contributed by atoms with E-state index in [1.807, 2.05) is 73.7 Å². The van der Waals surface area contributed by atoms with Crippen molar-refractivity contribution >= 4 is 34.8 Å². The Bertz CT molecular complexity index is 1480. The number of fused-ring (bicyclic) bond motifs is 1. The summed E-state index contributed by atoms with van der Waals surface area (Å²) in [6.45, 7) is 1.88. The lowest BCUT2D eigenvalue weighted by Gasteiger charge is -2.14. The van der Waals surface area contributed by atoms with Crippen LogP contribution in [0.1, 0.15) is 29.0 Å². The predicted molar refractivity (Wildman–Crippen MR) is 134 cm³/mol. The van der Waals surface area contributed by atoms with E-state index in [0.29, 0.717) is 21.3 Å². The molecule has 0 aliphatic heterocycles. The molecule has 0 aliphatic rings. The number of benzene rings is 2. The summed E-state index contributed by atoms with van der Waals surface area (Å²) in [7, 11) is 0. The zero-order valence-corrected chi connectivity index (χ0v) is 19.6. The summed E-state index contributed by atoms with van der Waals surface area (Å²) in [5.41, 5.74) is 4.79. The minimum Gasteiger partial charge on any atom is -0.344 e. The van der Waals surface area contributed by atoms with E-state index in [2.05, 4.69) is 20.4 Å². The third-order valence-corrected chi connectivity index (χ3v) is 6.11. The Morgan fingerprint density at radius 2 is 1.68 bits per heavy atom. The summed E-state index contributed by atoms with van der Waals surface area (Å²) in [4.78, 5) is 22.1. The SMILES string of the molecule is CC(NC(=O)c1cnn2c(-c3ccc(Cl)cc3)c(-c3ccccc3Cl)cnc12)c1ccccn1. The fourth-order valence-electron chi connectivity index (χ4n) is 3.83. The quantitative estimate of drug-likeness (QED) is 0.317. The van der Waals surface area contributed by atoms with E-state index in [9.17, 15) is 4.79 Å². The average molecular weight is 488 g/mol. The highest BCUT2D eigenvalue weighted by Gasteiger charge is 2.22. The topological polar surface area (TPSA) is 72.2 Å². The molecule has 1 atom stereocenters. The van der Waals surface area contributed by atoms with Crippen LogP contribution in [0, 0.1) is 0 Å². The normalized spacial score (nSPS) is 12.0. The van der Waals surface area contributed by atoms with Gasteiger partial charge in [0.2, 0.25) is 0 Å². The van der Waals surface area contributed by atoms with Crippen LogP contribution in [0.4, 0.5) is 0 Å². The van der Waals surface area contributed by atoms with Crippen LogP contribution in [-0.4, -0.2) is 25.5 Å². The van der Waals surface area contributed by atoms with Crippen LogP contribution in [0.2, 0.25) is 10.0 Å². The Labute approximate surface area is 206 Å². The first-order valence-corrected chi connectivity index (χ1v) is 11.4. The minimum atomic E-state index is -0.284. The molecule has 0 aliphatic carbocycles. The molecule has 8 heteroatoms. The van der Waals surface area contributed by atoms with Crippen molar-refractivity contribution in [3.05, 3.63) is 107 Å². The lowest BCUT2D eigenvalue weighted by atomic mass is 10.0. The van der Waals surface area contributed by atoms with Crippen molar-refractivity contribution in [3.8, 4) is 22.4 Å². The monoisotopic (exact) mass is 487 g/mol. The summed E-state index contributed by atoms with van der Waals surface area (Å²) < 4.78 is 1.67. The summed E-state index contributed by atoms with van der Waals surface area (Å²) in [6, 6.07) is 20.3. The van der Waals surface area contributed by atoms with Gasteiger partial charge in [0.1, 0.15) is 5.56 Å². The lowest BCUT2D eigenvalue weighted by Crippen LogP contribution is -2.27. The fraction of sp³-hybridized carbons (Fsp3) is 0.0769. The molecule has 1 unspecified atom stereocenters. The highest BCUT2D eigenvalue weighted by Crippen LogP contribution is 2.36. The highest BCUT2D eigenvalue weighted by atomic mass is 35.5. The van der Waals surface area contributed by atoms with Crippen LogP contribution in [0.5, 0.6) is 0 Å². The Balaban J connectivity index is 1.63. The van der Waals surface area contributed by atoms with Gasteiger partial charge in [-0.1, -0.05) is 59.6 Å². The first-order chi connectivity index (χ1) is 16.5. The number of hydrogen-bond acceptors (Lipinski definition) is 4. The van der Waals surface area contributed by atoms with Crippen LogP contribution >= 0.6 is 23.2 Å². The molecule has 1 amide bonds. The first-order valence-electron chi connectivity index (χ1n) is 10.6. The van der Waals surface area contributed by atoms with E-state index >= 15 is 0 Å². The molecule has 0 spiro atoms. The van der Waals surface area contributed by atoms with Gasteiger partial charge in [-0.05, 0) is 37.3 Å².